The number of carbonyl (C=O) groups excluding carboxylic acids is 1. The van der Waals surface area contributed by atoms with Crippen LogP contribution in [-0.2, 0) is 4.74 Å². The van der Waals surface area contributed by atoms with Gasteiger partial charge in [0, 0.05) is 19.0 Å². The van der Waals surface area contributed by atoms with Gasteiger partial charge in [0.25, 0.3) is 0 Å². The van der Waals surface area contributed by atoms with E-state index in [1.807, 2.05) is 20.8 Å². The van der Waals surface area contributed by atoms with Crippen LogP contribution in [0.4, 0.5) is 9.18 Å². The number of hydrogen-bond acceptors (Lipinski definition) is 3. The first kappa shape index (κ1) is 14.8. The third-order valence-electron chi connectivity index (χ3n) is 3.21. The molecule has 2 N–H and O–H groups in total. The van der Waals surface area contributed by atoms with Crippen LogP contribution in [0.1, 0.15) is 32.3 Å². The molecule has 2 atom stereocenters. The van der Waals surface area contributed by atoms with Gasteiger partial charge >= 0.3 is 6.09 Å². The fraction of sp³-hybridized carbons (Fsp3) is 0.533. The number of halogens is 1. The number of amides is 1. The average Bonchev–Trinajstić information content (AvgIpc) is 2.75. The Morgan fingerprint density at radius 1 is 1.30 bits per heavy atom. The van der Waals surface area contributed by atoms with Crippen molar-refractivity contribution in [3.8, 4) is 0 Å². The molecule has 20 heavy (non-hydrogen) atoms. The van der Waals surface area contributed by atoms with Gasteiger partial charge in [-0.05, 0) is 38.5 Å². The third kappa shape index (κ3) is 3.93. The number of alkyl carbamates (subject to hydrolysis) is 1. The van der Waals surface area contributed by atoms with Crippen molar-refractivity contribution in [2.45, 2.75) is 38.3 Å². The molecule has 1 aliphatic heterocycles. The van der Waals surface area contributed by atoms with E-state index in [1.165, 1.54) is 12.1 Å². The van der Waals surface area contributed by atoms with Gasteiger partial charge in [-0.2, -0.15) is 0 Å². The minimum atomic E-state index is -0.512. The van der Waals surface area contributed by atoms with Crippen LogP contribution in [-0.4, -0.2) is 30.8 Å². The van der Waals surface area contributed by atoms with Crippen LogP contribution in [0.2, 0.25) is 0 Å². The van der Waals surface area contributed by atoms with Gasteiger partial charge in [0.2, 0.25) is 0 Å². The lowest BCUT2D eigenvalue weighted by molar-refractivity contribution is 0.0504. The third-order valence-corrected chi connectivity index (χ3v) is 3.21. The topological polar surface area (TPSA) is 50.4 Å². The van der Waals surface area contributed by atoms with E-state index in [-0.39, 0.29) is 17.8 Å². The normalized spacial score (nSPS) is 22.6. The maximum absolute atomic E-state index is 13.0. The van der Waals surface area contributed by atoms with Gasteiger partial charge in [0.15, 0.2) is 0 Å². The van der Waals surface area contributed by atoms with Crippen molar-refractivity contribution in [2.75, 3.05) is 13.1 Å². The summed E-state index contributed by atoms with van der Waals surface area (Å²) in [5.41, 5.74) is 0.499. The van der Waals surface area contributed by atoms with Gasteiger partial charge < -0.3 is 15.4 Å². The van der Waals surface area contributed by atoms with Crippen molar-refractivity contribution in [2.24, 2.45) is 0 Å². The summed E-state index contributed by atoms with van der Waals surface area (Å²) in [6, 6.07) is 6.36. The summed E-state index contributed by atoms with van der Waals surface area (Å²) in [6.45, 7) is 6.93. The zero-order valence-electron chi connectivity index (χ0n) is 12.1. The largest absolute Gasteiger partial charge is 0.444 e. The van der Waals surface area contributed by atoms with Crippen molar-refractivity contribution >= 4 is 6.09 Å². The monoisotopic (exact) mass is 280 g/mol. The maximum Gasteiger partial charge on any atom is 0.407 e. The second-order valence-corrected chi connectivity index (χ2v) is 6.07. The number of rotatable bonds is 2. The molecule has 2 rings (SSSR count). The fourth-order valence-corrected chi connectivity index (χ4v) is 2.35. The molecular weight excluding hydrogens is 259 g/mol. The van der Waals surface area contributed by atoms with E-state index in [1.54, 1.807) is 12.1 Å². The fourth-order valence-electron chi connectivity index (χ4n) is 2.35. The quantitative estimate of drug-likeness (QED) is 0.874. The Bertz CT molecular complexity index is 468. The molecule has 1 amide bonds. The zero-order valence-corrected chi connectivity index (χ0v) is 12.1. The zero-order chi connectivity index (χ0) is 14.8. The van der Waals surface area contributed by atoms with E-state index in [4.69, 9.17) is 4.74 Å². The van der Waals surface area contributed by atoms with Gasteiger partial charge in [-0.25, -0.2) is 9.18 Å². The second kappa shape index (κ2) is 5.79. The highest BCUT2D eigenvalue weighted by Gasteiger charge is 2.31. The Labute approximate surface area is 118 Å². The van der Waals surface area contributed by atoms with Crippen molar-refractivity contribution in [1.29, 1.82) is 0 Å². The van der Waals surface area contributed by atoms with Crippen molar-refractivity contribution in [3.05, 3.63) is 35.6 Å². The van der Waals surface area contributed by atoms with E-state index in [9.17, 15) is 9.18 Å². The molecule has 5 heteroatoms. The first-order valence-electron chi connectivity index (χ1n) is 6.81. The molecule has 0 bridgehead atoms. The van der Waals surface area contributed by atoms with Crippen molar-refractivity contribution in [3.63, 3.8) is 0 Å². The van der Waals surface area contributed by atoms with E-state index in [2.05, 4.69) is 10.6 Å². The molecule has 110 valence electrons. The Morgan fingerprint density at radius 2 is 1.95 bits per heavy atom. The minimum absolute atomic E-state index is 0.0460. The Balaban J connectivity index is 2.00. The van der Waals surface area contributed by atoms with Crippen LogP contribution >= 0.6 is 0 Å². The molecule has 1 aromatic carbocycles. The molecule has 0 unspecified atom stereocenters. The summed E-state index contributed by atoms with van der Waals surface area (Å²) >= 11 is 0. The van der Waals surface area contributed by atoms with E-state index in [0.29, 0.717) is 6.54 Å². The number of carbonyl (C=O) groups is 1. The molecule has 0 aromatic heterocycles. The van der Waals surface area contributed by atoms with Crippen molar-refractivity contribution in [1.82, 2.24) is 10.6 Å². The van der Waals surface area contributed by atoms with Crippen LogP contribution < -0.4 is 10.6 Å². The van der Waals surface area contributed by atoms with Gasteiger partial charge in [0.05, 0.1) is 6.04 Å². The number of ether oxygens (including phenoxy) is 1. The molecule has 1 saturated heterocycles. The highest BCUT2D eigenvalue weighted by atomic mass is 19.1. The van der Waals surface area contributed by atoms with Crippen molar-refractivity contribution < 1.29 is 13.9 Å². The lowest BCUT2D eigenvalue weighted by Crippen LogP contribution is -2.42. The summed E-state index contributed by atoms with van der Waals surface area (Å²) < 4.78 is 18.2. The number of hydrogen-bond donors (Lipinski definition) is 2. The number of nitrogens with one attached hydrogen (secondary N) is 2. The molecule has 0 aliphatic carbocycles. The van der Waals surface area contributed by atoms with E-state index < -0.39 is 11.7 Å². The molecule has 4 nitrogen and oxygen atoms in total. The predicted molar refractivity (Wildman–Crippen MR) is 75.2 cm³/mol. The SMILES string of the molecule is CC(C)(C)OC(=O)N[C@@H]1CNC[C@@H]1c1ccc(F)cc1. The van der Waals surface area contributed by atoms with Gasteiger partial charge in [-0.3, -0.25) is 0 Å². The summed E-state index contributed by atoms with van der Waals surface area (Å²) in [5, 5.41) is 6.12. The molecule has 0 saturated carbocycles. The smallest absolute Gasteiger partial charge is 0.407 e. The molecule has 1 aromatic rings. The first-order chi connectivity index (χ1) is 9.35. The minimum Gasteiger partial charge on any atom is -0.444 e. The summed E-state index contributed by atoms with van der Waals surface area (Å²) in [5.74, 6) is -0.125. The maximum atomic E-state index is 13.0. The van der Waals surface area contributed by atoms with Crippen LogP contribution in [0, 0.1) is 5.82 Å². The standard InChI is InChI=1S/C15H21FN2O2/c1-15(2,3)20-14(19)18-13-9-17-8-12(13)10-4-6-11(16)7-5-10/h4-7,12-13,17H,8-9H2,1-3H3,(H,18,19)/t12-,13-/m1/s1. The van der Waals surface area contributed by atoms with Crippen LogP contribution in [0.3, 0.4) is 0 Å². The Hall–Kier alpha value is -1.62. The predicted octanol–water partition coefficient (Wildman–Crippen LogP) is 2.41. The lowest BCUT2D eigenvalue weighted by atomic mass is 9.94. The highest BCUT2D eigenvalue weighted by Crippen LogP contribution is 2.23. The van der Waals surface area contributed by atoms with Crippen LogP contribution in [0.5, 0.6) is 0 Å². The molecule has 0 spiro atoms. The second-order valence-electron chi connectivity index (χ2n) is 6.07. The van der Waals surface area contributed by atoms with Gasteiger partial charge in [0.1, 0.15) is 11.4 Å². The summed E-state index contributed by atoms with van der Waals surface area (Å²) in [6.07, 6.45) is -0.418. The highest BCUT2D eigenvalue weighted by molar-refractivity contribution is 5.68. The average molecular weight is 280 g/mol. The lowest BCUT2D eigenvalue weighted by Gasteiger charge is -2.24. The van der Waals surface area contributed by atoms with Crippen LogP contribution in [0.25, 0.3) is 0 Å². The summed E-state index contributed by atoms with van der Waals surface area (Å²) in [4.78, 5) is 11.8. The van der Waals surface area contributed by atoms with Gasteiger partial charge in [-0.15, -0.1) is 0 Å². The Morgan fingerprint density at radius 3 is 2.55 bits per heavy atom. The van der Waals surface area contributed by atoms with Crippen LogP contribution in [0.15, 0.2) is 24.3 Å². The van der Waals surface area contributed by atoms with Gasteiger partial charge in [-0.1, -0.05) is 12.1 Å². The van der Waals surface area contributed by atoms with E-state index in [0.717, 1.165) is 12.1 Å². The summed E-state index contributed by atoms with van der Waals surface area (Å²) in [7, 11) is 0. The first-order valence-corrected chi connectivity index (χ1v) is 6.81. The molecule has 1 aliphatic rings. The van der Waals surface area contributed by atoms with E-state index >= 15 is 0 Å². The molecular formula is C15H21FN2O2. The molecule has 0 radical (unpaired) electrons. The number of benzene rings is 1. The molecule has 1 fully saturated rings. The molecule has 1 heterocycles. The Kier molecular flexibility index (Phi) is 4.28.